The van der Waals surface area contributed by atoms with Crippen LogP contribution in [0.3, 0.4) is 0 Å². The Labute approximate surface area is 170 Å². The zero-order valence-electron chi connectivity index (χ0n) is 16.5. The van der Waals surface area contributed by atoms with E-state index < -0.39 is 18.7 Å². The first-order chi connectivity index (χ1) is 14.0. The van der Waals surface area contributed by atoms with Crippen LogP contribution in [-0.4, -0.2) is 42.1 Å². The molecule has 0 heterocycles. The van der Waals surface area contributed by atoms with Crippen molar-refractivity contribution in [2.24, 2.45) is 0 Å². The topological polar surface area (TPSA) is 89.9 Å². The first-order valence-electron chi connectivity index (χ1n) is 9.60. The lowest BCUT2D eigenvalue weighted by Crippen LogP contribution is -2.22. The molecular weight excluding hydrogens is 372 g/mol. The first-order valence-corrected chi connectivity index (χ1v) is 9.60. The molecule has 0 saturated carbocycles. The quantitative estimate of drug-likeness (QED) is 0.586. The number of hydrogen-bond acceptors (Lipinski definition) is 6. The molecule has 0 aliphatic heterocycles. The Hall–Kier alpha value is -2.99. The third kappa shape index (κ3) is 8.27. The van der Waals surface area contributed by atoms with E-state index in [4.69, 9.17) is 14.6 Å². The first kappa shape index (κ1) is 22.3. The van der Waals surface area contributed by atoms with Crippen LogP contribution in [0, 0.1) is 0 Å². The average Bonchev–Trinajstić information content (AvgIpc) is 2.75. The van der Waals surface area contributed by atoms with E-state index in [1.165, 1.54) is 0 Å². The highest BCUT2D eigenvalue weighted by Crippen LogP contribution is 2.11. The van der Waals surface area contributed by atoms with Gasteiger partial charge in [0.25, 0.3) is 0 Å². The second kappa shape index (κ2) is 11.8. The normalized spacial score (nSPS) is 11.5. The van der Waals surface area contributed by atoms with Gasteiger partial charge in [-0.25, -0.2) is 4.79 Å². The van der Waals surface area contributed by atoms with Crippen LogP contribution < -0.4 is 0 Å². The van der Waals surface area contributed by atoms with E-state index in [0.29, 0.717) is 24.8 Å². The summed E-state index contributed by atoms with van der Waals surface area (Å²) in [5, 5.41) is 8.78. The molecule has 0 spiro atoms. The second-order valence-corrected chi connectivity index (χ2v) is 6.78. The number of ketones is 1. The van der Waals surface area contributed by atoms with Crippen LogP contribution in [0.25, 0.3) is 0 Å². The SMILES string of the molecule is CC(COC(=O)CCc1cccc(CCC(=O)CO)c1)OC(=O)c1ccccc1. The Morgan fingerprint density at radius 1 is 0.931 bits per heavy atom. The van der Waals surface area contributed by atoms with Crippen molar-refractivity contribution in [1.82, 2.24) is 0 Å². The minimum atomic E-state index is -0.543. The molecule has 6 heteroatoms. The molecule has 2 rings (SSSR count). The molecule has 2 aromatic rings. The van der Waals surface area contributed by atoms with Crippen molar-refractivity contribution >= 4 is 17.7 Å². The number of carbonyl (C=O) groups is 3. The number of ether oxygens (including phenoxy) is 2. The van der Waals surface area contributed by atoms with Gasteiger partial charge in [0.1, 0.15) is 19.3 Å². The molecule has 0 fully saturated rings. The van der Waals surface area contributed by atoms with Gasteiger partial charge in [0, 0.05) is 12.8 Å². The molecule has 0 bridgehead atoms. The summed E-state index contributed by atoms with van der Waals surface area (Å²) in [5.74, 6) is -1.01. The number of aryl methyl sites for hydroxylation is 2. The van der Waals surface area contributed by atoms with Crippen molar-refractivity contribution < 1.29 is 29.0 Å². The highest BCUT2D eigenvalue weighted by Gasteiger charge is 2.14. The molecule has 29 heavy (non-hydrogen) atoms. The lowest BCUT2D eigenvalue weighted by atomic mass is 10.0. The molecule has 1 N–H and O–H groups in total. The second-order valence-electron chi connectivity index (χ2n) is 6.78. The number of benzene rings is 2. The summed E-state index contributed by atoms with van der Waals surface area (Å²) in [7, 11) is 0. The zero-order valence-corrected chi connectivity index (χ0v) is 16.5. The van der Waals surface area contributed by atoms with Crippen LogP contribution in [0.5, 0.6) is 0 Å². The molecule has 0 aromatic heterocycles. The van der Waals surface area contributed by atoms with Crippen molar-refractivity contribution in [3.05, 3.63) is 71.3 Å². The van der Waals surface area contributed by atoms with Gasteiger partial charge >= 0.3 is 11.9 Å². The minimum Gasteiger partial charge on any atom is -0.462 e. The fourth-order valence-electron chi connectivity index (χ4n) is 2.69. The fourth-order valence-corrected chi connectivity index (χ4v) is 2.69. The molecule has 0 saturated heterocycles. The number of esters is 2. The summed E-state index contributed by atoms with van der Waals surface area (Å²) >= 11 is 0. The number of carbonyl (C=O) groups excluding carboxylic acids is 3. The van der Waals surface area contributed by atoms with Crippen molar-refractivity contribution in [3.63, 3.8) is 0 Å². The molecule has 154 valence electrons. The summed E-state index contributed by atoms with van der Waals surface area (Å²) in [6.07, 6.45) is 1.03. The Morgan fingerprint density at radius 3 is 2.24 bits per heavy atom. The van der Waals surface area contributed by atoms with Gasteiger partial charge in [-0.15, -0.1) is 0 Å². The zero-order chi connectivity index (χ0) is 21.1. The smallest absolute Gasteiger partial charge is 0.338 e. The van der Waals surface area contributed by atoms with Crippen molar-refractivity contribution in [3.8, 4) is 0 Å². The van der Waals surface area contributed by atoms with Gasteiger partial charge in [-0.05, 0) is 43.0 Å². The van der Waals surface area contributed by atoms with Crippen molar-refractivity contribution in [2.75, 3.05) is 13.2 Å². The van der Waals surface area contributed by atoms with Crippen LogP contribution in [-0.2, 0) is 31.9 Å². The maximum absolute atomic E-state index is 12.0. The predicted molar refractivity (Wildman–Crippen MR) is 107 cm³/mol. The van der Waals surface area contributed by atoms with E-state index in [-0.39, 0.29) is 24.8 Å². The lowest BCUT2D eigenvalue weighted by Gasteiger charge is -2.13. The number of Topliss-reactive ketones (excluding diaryl/α,β-unsaturated/α-hetero) is 1. The van der Waals surface area contributed by atoms with Crippen LogP contribution >= 0.6 is 0 Å². The average molecular weight is 398 g/mol. The van der Waals surface area contributed by atoms with Crippen LogP contribution in [0.15, 0.2) is 54.6 Å². The monoisotopic (exact) mass is 398 g/mol. The summed E-state index contributed by atoms with van der Waals surface area (Å²) < 4.78 is 10.5. The molecule has 0 radical (unpaired) electrons. The summed E-state index contributed by atoms with van der Waals surface area (Å²) in [4.78, 5) is 35.2. The van der Waals surface area contributed by atoms with Gasteiger partial charge in [-0.2, -0.15) is 0 Å². The molecule has 0 amide bonds. The summed E-state index contributed by atoms with van der Waals surface area (Å²) in [5.41, 5.74) is 2.41. The van der Waals surface area contributed by atoms with Gasteiger partial charge in [0.2, 0.25) is 0 Å². The molecular formula is C23H26O6. The van der Waals surface area contributed by atoms with E-state index in [2.05, 4.69) is 0 Å². The Kier molecular flexibility index (Phi) is 9.05. The van der Waals surface area contributed by atoms with Gasteiger partial charge in [0.05, 0.1) is 5.56 Å². The van der Waals surface area contributed by atoms with Gasteiger partial charge in [-0.1, -0.05) is 42.5 Å². The van der Waals surface area contributed by atoms with Gasteiger partial charge < -0.3 is 14.6 Å². The van der Waals surface area contributed by atoms with Crippen LogP contribution in [0.4, 0.5) is 0 Å². The number of rotatable bonds is 11. The lowest BCUT2D eigenvalue weighted by molar-refractivity contribution is -0.146. The molecule has 1 unspecified atom stereocenters. The standard InChI is InChI=1S/C23H26O6/c1-17(29-23(27)20-8-3-2-4-9-20)16-28-22(26)13-11-19-7-5-6-18(14-19)10-12-21(25)15-24/h2-9,14,17,24H,10-13,15-16H2,1H3. The maximum Gasteiger partial charge on any atom is 0.338 e. The molecule has 1 atom stereocenters. The third-order valence-electron chi connectivity index (χ3n) is 4.27. The number of hydrogen-bond donors (Lipinski definition) is 1. The van der Waals surface area contributed by atoms with E-state index >= 15 is 0 Å². The molecule has 0 aliphatic rings. The van der Waals surface area contributed by atoms with Crippen molar-refractivity contribution in [1.29, 1.82) is 0 Å². The third-order valence-corrected chi connectivity index (χ3v) is 4.27. The largest absolute Gasteiger partial charge is 0.462 e. The van der Waals surface area contributed by atoms with E-state index in [0.717, 1.165) is 11.1 Å². The summed E-state index contributed by atoms with van der Waals surface area (Å²) in [6.45, 7) is 1.23. The summed E-state index contributed by atoms with van der Waals surface area (Å²) in [6, 6.07) is 16.3. The van der Waals surface area contributed by atoms with Gasteiger partial charge in [-0.3, -0.25) is 9.59 Å². The highest BCUT2D eigenvalue weighted by molar-refractivity contribution is 5.89. The highest BCUT2D eigenvalue weighted by atomic mass is 16.6. The van der Waals surface area contributed by atoms with Gasteiger partial charge in [0.15, 0.2) is 5.78 Å². The van der Waals surface area contributed by atoms with E-state index in [1.54, 1.807) is 31.2 Å². The fraction of sp³-hybridized carbons (Fsp3) is 0.348. The van der Waals surface area contributed by atoms with Crippen LogP contribution in [0.1, 0.15) is 41.3 Å². The predicted octanol–water partition coefficient (Wildman–Crippen LogP) is 2.90. The molecule has 6 nitrogen and oxygen atoms in total. The maximum atomic E-state index is 12.0. The Balaban J connectivity index is 1.71. The Bertz CT molecular complexity index is 815. The minimum absolute atomic E-state index is 0.000712. The molecule has 0 aliphatic carbocycles. The van der Waals surface area contributed by atoms with E-state index in [9.17, 15) is 14.4 Å². The molecule has 2 aromatic carbocycles. The van der Waals surface area contributed by atoms with Crippen molar-refractivity contribution in [2.45, 2.75) is 38.7 Å². The number of aliphatic hydroxyl groups excluding tert-OH is 1. The Morgan fingerprint density at radius 2 is 1.59 bits per heavy atom. The van der Waals surface area contributed by atoms with E-state index in [1.807, 2.05) is 30.3 Å². The van der Waals surface area contributed by atoms with Crippen LogP contribution in [0.2, 0.25) is 0 Å². The number of aliphatic hydroxyl groups is 1.